The summed E-state index contributed by atoms with van der Waals surface area (Å²) in [6.45, 7) is 1.95. The Labute approximate surface area is 86.0 Å². The van der Waals surface area contributed by atoms with Gasteiger partial charge in [-0.05, 0) is 19.1 Å². The van der Waals surface area contributed by atoms with Crippen LogP contribution in [0.5, 0.6) is 0 Å². The number of aromatic nitrogens is 5. The van der Waals surface area contributed by atoms with E-state index in [4.69, 9.17) is 0 Å². The first kappa shape index (κ1) is 8.16. The van der Waals surface area contributed by atoms with Crippen molar-refractivity contribution in [2.24, 2.45) is 0 Å². The third kappa shape index (κ3) is 1.28. The van der Waals surface area contributed by atoms with Gasteiger partial charge in [0.25, 0.3) is 0 Å². The Morgan fingerprint density at radius 1 is 1.27 bits per heavy atom. The Morgan fingerprint density at radius 3 is 3.00 bits per heavy atom. The number of hydrogen-bond donors (Lipinski definition) is 0. The molecule has 0 saturated heterocycles. The summed E-state index contributed by atoms with van der Waals surface area (Å²) in [4.78, 5) is 8.29. The second-order valence-electron chi connectivity index (χ2n) is 3.35. The molecule has 0 saturated carbocycles. The summed E-state index contributed by atoms with van der Waals surface area (Å²) in [5.74, 6) is 0.831. The molecule has 0 aliphatic rings. The zero-order chi connectivity index (χ0) is 10.3. The lowest BCUT2D eigenvalue weighted by Gasteiger charge is -2.00. The van der Waals surface area contributed by atoms with E-state index in [1.54, 1.807) is 17.0 Å². The summed E-state index contributed by atoms with van der Waals surface area (Å²) >= 11 is 0. The standard InChI is InChI=1S/C10H9N5/c1-8-6-15-9(12-8)2-3-10(13-15)14-5-4-11-7-14/h2-7H,1H3. The molecule has 5 nitrogen and oxygen atoms in total. The van der Waals surface area contributed by atoms with E-state index in [-0.39, 0.29) is 0 Å². The third-order valence-corrected chi connectivity index (χ3v) is 2.20. The van der Waals surface area contributed by atoms with Crippen LogP contribution in [-0.4, -0.2) is 24.1 Å². The van der Waals surface area contributed by atoms with Crippen LogP contribution in [0.1, 0.15) is 5.69 Å². The second kappa shape index (κ2) is 2.91. The van der Waals surface area contributed by atoms with E-state index in [9.17, 15) is 0 Å². The van der Waals surface area contributed by atoms with Gasteiger partial charge in [0, 0.05) is 12.4 Å². The maximum absolute atomic E-state index is 4.42. The summed E-state index contributed by atoms with van der Waals surface area (Å²) in [7, 11) is 0. The van der Waals surface area contributed by atoms with Crippen molar-refractivity contribution < 1.29 is 0 Å². The highest BCUT2D eigenvalue weighted by molar-refractivity contribution is 5.41. The van der Waals surface area contributed by atoms with Crippen molar-refractivity contribution in [3.8, 4) is 5.82 Å². The van der Waals surface area contributed by atoms with Gasteiger partial charge >= 0.3 is 0 Å². The Kier molecular flexibility index (Phi) is 1.58. The molecule has 74 valence electrons. The molecule has 3 aromatic rings. The van der Waals surface area contributed by atoms with Crippen molar-refractivity contribution in [3.63, 3.8) is 0 Å². The predicted molar refractivity (Wildman–Crippen MR) is 54.8 cm³/mol. The quantitative estimate of drug-likeness (QED) is 0.592. The lowest BCUT2D eigenvalue weighted by Crippen LogP contribution is -1.99. The second-order valence-corrected chi connectivity index (χ2v) is 3.35. The Morgan fingerprint density at radius 2 is 2.20 bits per heavy atom. The summed E-state index contributed by atoms with van der Waals surface area (Å²) in [5, 5.41) is 4.42. The first-order chi connectivity index (χ1) is 7.33. The van der Waals surface area contributed by atoms with Crippen molar-refractivity contribution in [1.29, 1.82) is 0 Å². The topological polar surface area (TPSA) is 48.0 Å². The highest BCUT2D eigenvalue weighted by Crippen LogP contribution is 2.07. The minimum absolute atomic E-state index is 0.831. The fraction of sp³-hybridized carbons (Fsp3) is 0.100. The molecular formula is C10H9N5. The Hall–Kier alpha value is -2.17. The first-order valence-corrected chi connectivity index (χ1v) is 4.64. The summed E-state index contributed by atoms with van der Waals surface area (Å²) in [6, 6.07) is 3.86. The van der Waals surface area contributed by atoms with E-state index in [0.717, 1.165) is 17.2 Å². The van der Waals surface area contributed by atoms with Crippen LogP contribution in [0.2, 0.25) is 0 Å². The Bertz CT molecular complexity index is 593. The minimum atomic E-state index is 0.831. The highest BCUT2D eigenvalue weighted by atomic mass is 15.3. The number of nitrogens with zero attached hydrogens (tertiary/aromatic N) is 5. The maximum Gasteiger partial charge on any atom is 0.158 e. The third-order valence-electron chi connectivity index (χ3n) is 2.20. The van der Waals surface area contributed by atoms with Crippen molar-refractivity contribution in [2.45, 2.75) is 6.92 Å². The van der Waals surface area contributed by atoms with E-state index < -0.39 is 0 Å². The number of aryl methyl sites for hydroxylation is 1. The number of rotatable bonds is 1. The van der Waals surface area contributed by atoms with Gasteiger partial charge in [0.15, 0.2) is 11.5 Å². The van der Waals surface area contributed by atoms with E-state index in [1.807, 2.05) is 36.0 Å². The minimum Gasteiger partial charge on any atom is -0.289 e. The van der Waals surface area contributed by atoms with Crippen molar-refractivity contribution in [2.75, 3.05) is 0 Å². The average molecular weight is 199 g/mol. The molecule has 15 heavy (non-hydrogen) atoms. The number of imidazole rings is 2. The van der Waals surface area contributed by atoms with E-state index in [1.165, 1.54) is 0 Å². The van der Waals surface area contributed by atoms with Crippen LogP contribution in [-0.2, 0) is 0 Å². The van der Waals surface area contributed by atoms with Gasteiger partial charge in [-0.1, -0.05) is 0 Å². The fourth-order valence-electron chi connectivity index (χ4n) is 1.52. The van der Waals surface area contributed by atoms with E-state index in [0.29, 0.717) is 0 Å². The van der Waals surface area contributed by atoms with Crippen molar-refractivity contribution >= 4 is 5.65 Å². The van der Waals surface area contributed by atoms with Gasteiger partial charge in [-0.3, -0.25) is 4.57 Å². The number of hydrogen-bond acceptors (Lipinski definition) is 3. The van der Waals surface area contributed by atoms with Gasteiger partial charge < -0.3 is 0 Å². The molecule has 3 heterocycles. The maximum atomic E-state index is 4.42. The van der Waals surface area contributed by atoms with Gasteiger partial charge in [0.1, 0.15) is 6.33 Å². The largest absolute Gasteiger partial charge is 0.289 e. The SMILES string of the molecule is Cc1cn2nc(-n3ccnc3)ccc2n1. The van der Waals surface area contributed by atoms with Crippen molar-refractivity contribution in [1.82, 2.24) is 24.1 Å². The molecule has 0 spiro atoms. The zero-order valence-electron chi connectivity index (χ0n) is 8.20. The normalized spacial score (nSPS) is 11.0. The summed E-state index contributed by atoms with van der Waals surface area (Å²) in [6.07, 6.45) is 7.21. The van der Waals surface area contributed by atoms with Crippen LogP contribution in [0.15, 0.2) is 37.1 Å². The van der Waals surface area contributed by atoms with E-state index >= 15 is 0 Å². The molecule has 3 rings (SSSR count). The average Bonchev–Trinajstić information content (AvgIpc) is 2.82. The molecule has 0 aromatic carbocycles. The predicted octanol–water partition coefficient (Wildman–Crippen LogP) is 1.22. The Balaban J connectivity index is 2.21. The molecular weight excluding hydrogens is 190 g/mol. The van der Waals surface area contributed by atoms with Crippen LogP contribution in [0, 0.1) is 6.92 Å². The van der Waals surface area contributed by atoms with Gasteiger partial charge in [0.2, 0.25) is 0 Å². The zero-order valence-corrected chi connectivity index (χ0v) is 8.20. The van der Waals surface area contributed by atoms with Gasteiger partial charge in [-0.2, -0.15) is 0 Å². The lowest BCUT2D eigenvalue weighted by molar-refractivity contribution is 0.863. The van der Waals surface area contributed by atoms with Gasteiger partial charge in [-0.15, -0.1) is 5.10 Å². The molecule has 0 bridgehead atoms. The monoisotopic (exact) mass is 199 g/mol. The summed E-state index contributed by atoms with van der Waals surface area (Å²) in [5.41, 5.74) is 1.82. The van der Waals surface area contributed by atoms with Crippen LogP contribution < -0.4 is 0 Å². The molecule has 0 fully saturated rings. The fourth-order valence-corrected chi connectivity index (χ4v) is 1.52. The lowest BCUT2D eigenvalue weighted by atomic mass is 10.5. The van der Waals surface area contributed by atoms with Crippen LogP contribution in [0.4, 0.5) is 0 Å². The van der Waals surface area contributed by atoms with Crippen molar-refractivity contribution in [3.05, 3.63) is 42.7 Å². The highest BCUT2D eigenvalue weighted by Gasteiger charge is 2.01. The molecule has 0 aliphatic carbocycles. The molecule has 5 heteroatoms. The first-order valence-electron chi connectivity index (χ1n) is 4.64. The summed E-state index contributed by atoms with van der Waals surface area (Å²) < 4.78 is 3.62. The smallest absolute Gasteiger partial charge is 0.158 e. The van der Waals surface area contributed by atoms with Crippen LogP contribution in [0.3, 0.4) is 0 Å². The molecule has 0 unspecified atom stereocenters. The van der Waals surface area contributed by atoms with Gasteiger partial charge in [0.05, 0.1) is 11.9 Å². The van der Waals surface area contributed by atoms with Crippen LogP contribution >= 0.6 is 0 Å². The number of fused-ring (bicyclic) bond motifs is 1. The van der Waals surface area contributed by atoms with Gasteiger partial charge in [-0.25, -0.2) is 14.5 Å². The molecule has 3 aromatic heterocycles. The van der Waals surface area contributed by atoms with Crippen LogP contribution in [0.25, 0.3) is 11.5 Å². The van der Waals surface area contributed by atoms with E-state index in [2.05, 4.69) is 15.1 Å². The molecule has 0 aliphatic heterocycles. The molecule has 0 N–H and O–H groups in total. The molecule has 0 atom stereocenters. The molecule has 0 amide bonds. The molecule has 0 radical (unpaired) electrons.